The van der Waals surface area contributed by atoms with Crippen molar-refractivity contribution in [2.75, 3.05) is 25.5 Å². The van der Waals surface area contributed by atoms with Crippen LogP contribution in [0.4, 0.5) is 11.4 Å². The van der Waals surface area contributed by atoms with Crippen molar-refractivity contribution in [1.82, 2.24) is 20.3 Å². The van der Waals surface area contributed by atoms with Gasteiger partial charge < -0.3 is 15.2 Å². The molecule has 0 saturated carbocycles. The Morgan fingerprint density at radius 3 is 2.44 bits per heavy atom. The minimum absolute atomic E-state index is 0.0139. The van der Waals surface area contributed by atoms with Crippen molar-refractivity contribution in [3.05, 3.63) is 215 Å². The molecule has 6 aliphatic rings. The van der Waals surface area contributed by atoms with Crippen LogP contribution in [0.15, 0.2) is 176 Å². The van der Waals surface area contributed by atoms with Crippen molar-refractivity contribution in [3.63, 3.8) is 0 Å². The molecule has 0 spiro atoms. The molecular formula is C63H67N5. The molecule has 68 heavy (non-hydrogen) atoms. The second-order valence-corrected chi connectivity index (χ2v) is 20.3. The summed E-state index contributed by atoms with van der Waals surface area (Å²) in [5, 5.41) is 11.3. The summed E-state index contributed by atoms with van der Waals surface area (Å²) in [4.78, 5) is 0. The lowest BCUT2D eigenvalue weighted by Gasteiger charge is -2.39. The second kappa shape index (κ2) is 19.8. The van der Waals surface area contributed by atoms with Crippen LogP contribution in [0.5, 0.6) is 0 Å². The lowest BCUT2D eigenvalue weighted by Crippen LogP contribution is -2.51. The van der Waals surface area contributed by atoms with Crippen LogP contribution in [0, 0.1) is 17.3 Å². The smallest absolute Gasteiger partial charge is 0.0966 e. The summed E-state index contributed by atoms with van der Waals surface area (Å²) in [6, 6.07) is 33.2. The molecule has 3 N–H and O–H groups in total. The molecule has 0 radical (unpaired) electrons. The van der Waals surface area contributed by atoms with Gasteiger partial charge in [-0.1, -0.05) is 158 Å². The number of nitrogens with one attached hydrogen (secondary N) is 3. The molecule has 1 aromatic heterocycles. The molecule has 0 amide bonds. The number of para-hydroxylation sites is 3. The largest absolute Gasteiger partial charge is 0.355 e. The third-order valence-electron chi connectivity index (χ3n) is 15.6. The minimum Gasteiger partial charge on any atom is -0.355 e. The molecule has 11 rings (SSSR count). The molecule has 344 valence electrons. The molecule has 6 aliphatic carbocycles. The predicted molar refractivity (Wildman–Crippen MR) is 288 cm³/mol. The molecule has 1 heterocycles. The number of hydrogen-bond donors (Lipinski definition) is 3. The Balaban J connectivity index is 0.829. The van der Waals surface area contributed by atoms with Gasteiger partial charge in [0.05, 0.1) is 11.7 Å². The Hall–Kier alpha value is -6.24. The molecule has 5 atom stereocenters. The van der Waals surface area contributed by atoms with Crippen molar-refractivity contribution in [2.24, 2.45) is 17.3 Å². The van der Waals surface area contributed by atoms with E-state index in [-0.39, 0.29) is 11.6 Å². The highest BCUT2D eigenvalue weighted by Gasteiger charge is 2.31. The molecule has 5 aromatic rings. The zero-order chi connectivity index (χ0) is 45.9. The van der Waals surface area contributed by atoms with E-state index >= 15 is 0 Å². The Kier molecular flexibility index (Phi) is 12.9. The number of nitrogens with zero attached hydrogens (tertiary/aromatic N) is 2. The standard InChI is InChI=1S/C63H67N5/c1-63(40-16-5-17-41-63)44-67(43-45-18-6-3-7-19-45)66-62(64-2)57-38-37-52(54-23-10-11-24-55(54)57)49-34-39-61-58(42-49)56-25-13-15-27-60(56)68(61)51-35-32-47(33-36-51)46-28-30-48(31-29-46)53-22-12-14-26-59(53)65-50-20-8-4-9-21-50/h3-4,6-10,12-16,18,20-23,25-28,30,32,34-40,45,47,49,62,64-66H,5,11,17,19,24,29,31,33,41-44H2,1-2H3/t45?,47?,49?,62?,63-/m1/s1. The van der Waals surface area contributed by atoms with Crippen molar-refractivity contribution in [3.8, 4) is 0 Å². The van der Waals surface area contributed by atoms with Gasteiger partial charge >= 0.3 is 0 Å². The van der Waals surface area contributed by atoms with E-state index in [0.717, 1.165) is 69.4 Å². The Labute approximate surface area is 404 Å². The van der Waals surface area contributed by atoms with E-state index in [9.17, 15) is 0 Å². The number of hydrogen-bond acceptors (Lipinski definition) is 4. The van der Waals surface area contributed by atoms with Gasteiger partial charge in [-0.05, 0) is 152 Å². The Bertz CT molecular complexity index is 2950. The summed E-state index contributed by atoms with van der Waals surface area (Å²) in [6.45, 7) is 4.42. The number of benzene rings is 4. The van der Waals surface area contributed by atoms with Crippen LogP contribution >= 0.6 is 0 Å². The number of aromatic nitrogens is 1. The molecule has 0 bridgehead atoms. The van der Waals surface area contributed by atoms with Gasteiger partial charge in [0.15, 0.2) is 0 Å². The lowest BCUT2D eigenvalue weighted by molar-refractivity contribution is 0.0864. The topological polar surface area (TPSA) is 44.3 Å². The molecule has 0 fully saturated rings. The van der Waals surface area contributed by atoms with Crippen LogP contribution in [0.25, 0.3) is 34.3 Å². The summed E-state index contributed by atoms with van der Waals surface area (Å²) in [6.07, 6.45) is 46.9. The summed E-state index contributed by atoms with van der Waals surface area (Å²) in [5.74, 6) is 1.21. The predicted octanol–water partition coefficient (Wildman–Crippen LogP) is 14.8. The first kappa shape index (κ1) is 44.3. The van der Waals surface area contributed by atoms with Crippen LogP contribution in [0.1, 0.15) is 109 Å². The lowest BCUT2D eigenvalue weighted by atomic mass is 9.79. The van der Waals surface area contributed by atoms with Crippen molar-refractivity contribution in [2.45, 2.75) is 83.2 Å². The number of allylic oxidation sites excluding steroid dienone is 14. The Morgan fingerprint density at radius 1 is 0.765 bits per heavy atom. The third-order valence-corrected chi connectivity index (χ3v) is 15.6. The quantitative estimate of drug-likeness (QED) is 0.0590. The second-order valence-electron chi connectivity index (χ2n) is 20.3. The van der Waals surface area contributed by atoms with Crippen LogP contribution in [0.2, 0.25) is 0 Å². The zero-order valence-electron chi connectivity index (χ0n) is 40.0. The average molecular weight is 894 g/mol. The number of hydrazine groups is 1. The zero-order valence-corrected chi connectivity index (χ0v) is 40.0. The highest BCUT2D eigenvalue weighted by Crippen LogP contribution is 2.43. The van der Waals surface area contributed by atoms with E-state index in [1.807, 2.05) is 0 Å². The molecule has 0 saturated heterocycles. The van der Waals surface area contributed by atoms with E-state index in [0.29, 0.717) is 17.8 Å². The van der Waals surface area contributed by atoms with Gasteiger partial charge in [0, 0.05) is 58.6 Å². The monoisotopic (exact) mass is 894 g/mol. The van der Waals surface area contributed by atoms with E-state index in [2.05, 4.69) is 222 Å². The highest BCUT2D eigenvalue weighted by molar-refractivity contribution is 5.93. The van der Waals surface area contributed by atoms with Crippen LogP contribution in [0.3, 0.4) is 0 Å². The van der Waals surface area contributed by atoms with E-state index in [4.69, 9.17) is 0 Å². The van der Waals surface area contributed by atoms with E-state index < -0.39 is 0 Å². The van der Waals surface area contributed by atoms with E-state index in [1.54, 1.807) is 0 Å². The maximum atomic E-state index is 4.06. The minimum atomic E-state index is 0.0139. The van der Waals surface area contributed by atoms with Gasteiger partial charge in [0.1, 0.15) is 0 Å². The summed E-state index contributed by atoms with van der Waals surface area (Å²) in [5.41, 5.74) is 21.8. The molecule has 5 heteroatoms. The van der Waals surface area contributed by atoms with Gasteiger partial charge in [0.25, 0.3) is 0 Å². The first-order valence-electron chi connectivity index (χ1n) is 25.5. The normalized spacial score (nSPS) is 23.3. The van der Waals surface area contributed by atoms with Crippen molar-refractivity contribution in [1.29, 1.82) is 0 Å². The maximum absolute atomic E-state index is 4.06. The van der Waals surface area contributed by atoms with Gasteiger partial charge in [-0.3, -0.25) is 0 Å². The fourth-order valence-electron chi connectivity index (χ4n) is 12.0. The SMILES string of the molecule is CNC(NN(CC1C=CC=CC1)C[C@]1(C)C=CCCC1)c1ccc(C2C=Cc3c(c4ccccc4n3C3=CCC(C4=CC=C(c5ccccc5Nc5ccccc5)CC4)C=C3)C2)c2c1CCC=C2. The molecule has 0 aliphatic heterocycles. The Morgan fingerprint density at radius 2 is 1.63 bits per heavy atom. The van der Waals surface area contributed by atoms with Crippen LogP contribution in [-0.4, -0.2) is 29.7 Å². The first-order chi connectivity index (χ1) is 33.5. The van der Waals surface area contributed by atoms with Crippen LogP contribution in [-0.2, 0) is 12.8 Å². The third kappa shape index (κ3) is 9.20. The summed E-state index contributed by atoms with van der Waals surface area (Å²) >= 11 is 0. The maximum Gasteiger partial charge on any atom is 0.0966 e. The first-order valence-corrected chi connectivity index (χ1v) is 25.5. The number of rotatable bonds is 14. The van der Waals surface area contributed by atoms with Crippen LogP contribution < -0.4 is 16.1 Å². The average Bonchev–Trinajstić information content (AvgIpc) is 3.72. The molecule has 4 unspecified atom stereocenters. The van der Waals surface area contributed by atoms with Gasteiger partial charge in [-0.15, -0.1) is 0 Å². The van der Waals surface area contributed by atoms with Crippen molar-refractivity contribution >= 4 is 45.7 Å². The van der Waals surface area contributed by atoms with Gasteiger partial charge in [0.2, 0.25) is 0 Å². The molecule has 4 aromatic carbocycles. The summed E-state index contributed by atoms with van der Waals surface area (Å²) < 4.78 is 2.53. The fourth-order valence-corrected chi connectivity index (χ4v) is 12.0. The number of fused-ring (bicyclic) bond motifs is 4. The number of anilines is 2. The highest BCUT2D eigenvalue weighted by atomic mass is 15.5. The fraction of sp³-hybridized carbons (Fsp3) is 0.302. The van der Waals surface area contributed by atoms with Gasteiger partial charge in [-0.25, -0.2) is 10.4 Å². The van der Waals surface area contributed by atoms with Crippen molar-refractivity contribution < 1.29 is 0 Å². The molecule has 5 nitrogen and oxygen atoms in total. The summed E-state index contributed by atoms with van der Waals surface area (Å²) in [7, 11) is 2.12. The molecular weight excluding hydrogens is 827 g/mol. The van der Waals surface area contributed by atoms with Gasteiger partial charge in [-0.2, -0.15) is 0 Å². The van der Waals surface area contributed by atoms with E-state index in [1.165, 1.54) is 86.1 Å².